The number of thiazole rings is 1. The lowest BCUT2D eigenvalue weighted by molar-refractivity contribution is -0.115. The number of carbonyl (C=O) groups excluding carboxylic acids is 1. The van der Waals surface area contributed by atoms with E-state index >= 15 is 0 Å². The maximum absolute atomic E-state index is 12.4. The smallest absolute Gasteiger partial charge is 0.230 e. The van der Waals surface area contributed by atoms with Crippen molar-refractivity contribution in [3.05, 3.63) is 52.1 Å². The van der Waals surface area contributed by atoms with Crippen LogP contribution in [0.25, 0.3) is 10.7 Å². The summed E-state index contributed by atoms with van der Waals surface area (Å²) in [7, 11) is 0. The summed E-state index contributed by atoms with van der Waals surface area (Å²) >= 11 is 4.93. The quantitative estimate of drug-likeness (QED) is 0.677. The lowest BCUT2D eigenvalue weighted by atomic mass is 10.2. The van der Waals surface area contributed by atoms with Crippen molar-refractivity contribution >= 4 is 38.9 Å². The molecule has 0 bridgehead atoms. The second-order valence-electron chi connectivity index (χ2n) is 5.56. The van der Waals surface area contributed by atoms with Gasteiger partial charge in [-0.1, -0.05) is 6.07 Å². The molecule has 0 saturated carbocycles. The zero-order chi connectivity index (χ0) is 17.9. The van der Waals surface area contributed by atoms with E-state index in [1.165, 1.54) is 11.3 Å². The van der Waals surface area contributed by atoms with Gasteiger partial charge in [-0.15, -0.1) is 11.3 Å². The number of hydrogen-bond donors (Lipinski definition) is 1. The van der Waals surface area contributed by atoms with Gasteiger partial charge in [-0.2, -0.15) is 0 Å². The predicted octanol–water partition coefficient (Wildman–Crippen LogP) is 3.92. The monoisotopic (exact) mass is 431 g/mol. The summed E-state index contributed by atoms with van der Waals surface area (Å²) in [5.41, 5.74) is 2.15. The normalized spacial score (nSPS) is 12.7. The van der Waals surface area contributed by atoms with Crippen LogP contribution in [0.5, 0.6) is 11.5 Å². The van der Waals surface area contributed by atoms with E-state index in [4.69, 9.17) is 9.47 Å². The van der Waals surface area contributed by atoms with Crippen LogP contribution in [0.2, 0.25) is 0 Å². The van der Waals surface area contributed by atoms with Gasteiger partial charge in [0, 0.05) is 28.2 Å². The molecule has 1 aliphatic rings. The van der Waals surface area contributed by atoms with E-state index in [9.17, 15) is 4.79 Å². The molecule has 0 radical (unpaired) electrons. The van der Waals surface area contributed by atoms with Crippen molar-refractivity contribution in [1.29, 1.82) is 0 Å². The molecular formula is C18H14BrN3O3S. The van der Waals surface area contributed by atoms with E-state index < -0.39 is 0 Å². The van der Waals surface area contributed by atoms with Crippen LogP contribution in [0.4, 0.5) is 5.69 Å². The van der Waals surface area contributed by atoms with E-state index in [1.54, 1.807) is 18.3 Å². The molecule has 2 aromatic heterocycles. The fourth-order valence-electron chi connectivity index (χ4n) is 2.51. The number of pyridine rings is 1. The topological polar surface area (TPSA) is 73.3 Å². The Morgan fingerprint density at radius 1 is 1.23 bits per heavy atom. The molecule has 26 heavy (non-hydrogen) atoms. The average Bonchev–Trinajstić information content (AvgIpc) is 3.11. The first-order valence-electron chi connectivity index (χ1n) is 7.94. The molecule has 0 fully saturated rings. The van der Waals surface area contributed by atoms with Crippen LogP contribution >= 0.6 is 27.3 Å². The average molecular weight is 432 g/mol. The Hall–Kier alpha value is -2.45. The van der Waals surface area contributed by atoms with Crippen LogP contribution in [0, 0.1) is 0 Å². The summed E-state index contributed by atoms with van der Waals surface area (Å²) in [6.07, 6.45) is 1.91. The Balaban J connectivity index is 1.45. The highest BCUT2D eigenvalue weighted by Gasteiger charge is 2.17. The maximum atomic E-state index is 12.4. The number of nitrogens with one attached hydrogen (secondary N) is 1. The highest BCUT2D eigenvalue weighted by atomic mass is 79.9. The predicted molar refractivity (Wildman–Crippen MR) is 103 cm³/mol. The van der Waals surface area contributed by atoms with E-state index in [-0.39, 0.29) is 12.3 Å². The number of aromatic nitrogens is 2. The number of hydrogen-bond acceptors (Lipinski definition) is 6. The van der Waals surface area contributed by atoms with Crippen molar-refractivity contribution in [2.24, 2.45) is 0 Å². The molecule has 0 atom stereocenters. The molecule has 0 spiro atoms. The first-order valence-corrected chi connectivity index (χ1v) is 9.61. The van der Waals surface area contributed by atoms with Gasteiger partial charge in [0.1, 0.15) is 18.2 Å². The molecule has 1 aliphatic heterocycles. The summed E-state index contributed by atoms with van der Waals surface area (Å²) in [6, 6.07) is 9.23. The fraction of sp³-hybridized carbons (Fsp3) is 0.167. The first-order chi connectivity index (χ1) is 12.7. The van der Waals surface area contributed by atoms with Crippen molar-refractivity contribution in [3.63, 3.8) is 0 Å². The Kier molecular flexibility index (Phi) is 4.85. The molecule has 3 heterocycles. The number of ether oxygens (including phenoxy) is 2. The third-order valence-corrected chi connectivity index (χ3v) is 5.25. The molecule has 8 heteroatoms. The lowest BCUT2D eigenvalue weighted by Gasteiger charge is -2.20. The number of carbonyl (C=O) groups is 1. The van der Waals surface area contributed by atoms with E-state index in [1.807, 2.05) is 23.6 Å². The van der Waals surface area contributed by atoms with Crippen molar-refractivity contribution in [2.45, 2.75) is 6.42 Å². The van der Waals surface area contributed by atoms with Crippen LogP contribution in [0.1, 0.15) is 5.69 Å². The molecule has 4 rings (SSSR count). The van der Waals surface area contributed by atoms with Crippen molar-refractivity contribution in [2.75, 3.05) is 18.5 Å². The highest BCUT2D eigenvalue weighted by molar-refractivity contribution is 9.10. The molecule has 1 N–H and O–H groups in total. The van der Waals surface area contributed by atoms with E-state index in [0.29, 0.717) is 36.1 Å². The van der Waals surface area contributed by atoms with E-state index in [2.05, 4.69) is 31.2 Å². The maximum Gasteiger partial charge on any atom is 0.230 e. The van der Waals surface area contributed by atoms with Gasteiger partial charge in [-0.05, 0) is 28.1 Å². The standard InChI is InChI=1S/C18H14BrN3O3S/c19-12-8-15-16(25-6-5-24-15)9-14(12)22-17(23)7-11-10-26-18(21-11)13-3-1-2-4-20-13/h1-4,8-10H,5-7H2,(H,22,23). The highest BCUT2D eigenvalue weighted by Crippen LogP contribution is 2.38. The molecule has 1 amide bonds. The Morgan fingerprint density at radius 2 is 2.04 bits per heavy atom. The van der Waals surface area contributed by atoms with Crippen LogP contribution in [0.15, 0.2) is 46.4 Å². The Bertz CT molecular complexity index is 946. The molecule has 132 valence electrons. The summed E-state index contributed by atoms with van der Waals surface area (Å²) in [5, 5.41) is 5.56. The molecule has 6 nitrogen and oxygen atoms in total. The number of rotatable bonds is 4. The van der Waals surface area contributed by atoms with Gasteiger partial charge in [-0.3, -0.25) is 9.78 Å². The fourth-order valence-corrected chi connectivity index (χ4v) is 3.73. The number of nitrogens with zero attached hydrogens (tertiary/aromatic N) is 2. The zero-order valence-electron chi connectivity index (χ0n) is 13.6. The number of fused-ring (bicyclic) bond motifs is 1. The van der Waals surface area contributed by atoms with Gasteiger partial charge in [-0.25, -0.2) is 4.98 Å². The van der Waals surface area contributed by atoms with Crippen molar-refractivity contribution in [3.8, 4) is 22.2 Å². The van der Waals surface area contributed by atoms with Gasteiger partial charge in [0.25, 0.3) is 0 Å². The second kappa shape index (κ2) is 7.43. The Morgan fingerprint density at radius 3 is 2.81 bits per heavy atom. The molecule has 1 aromatic carbocycles. The number of halogens is 1. The van der Waals surface area contributed by atoms with Crippen LogP contribution in [0.3, 0.4) is 0 Å². The third kappa shape index (κ3) is 3.71. The molecule has 0 unspecified atom stereocenters. The third-order valence-electron chi connectivity index (χ3n) is 3.68. The van der Waals surface area contributed by atoms with Gasteiger partial charge in [0.05, 0.1) is 23.5 Å². The van der Waals surface area contributed by atoms with Crippen LogP contribution in [-0.4, -0.2) is 29.1 Å². The van der Waals surface area contributed by atoms with Gasteiger partial charge < -0.3 is 14.8 Å². The lowest BCUT2D eigenvalue weighted by Crippen LogP contribution is -2.17. The van der Waals surface area contributed by atoms with Crippen LogP contribution in [-0.2, 0) is 11.2 Å². The summed E-state index contributed by atoms with van der Waals surface area (Å²) in [5.74, 6) is 1.14. The van der Waals surface area contributed by atoms with E-state index in [0.717, 1.165) is 15.2 Å². The second-order valence-corrected chi connectivity index (χ2v) is 7.27. The van der Waals surface area contributed by atoms with Gasteiger partial charge in [0.15, 0.2) is 11.5 Å². The van der Waals surface area contributed by atoms with Crippen molar-refractivity contribution in [1.82, 2.24) is 9.97 Å². The molecule has 0 aliphatic carbocycles. The Labute approximate surface area is 162 Å². The summed E-state index contributed by atoms with van der Waals surface area (Å²) in [6.45, 7) is 1.02. The molecule has 0 saturated heterocycles. The number of benzene rings is 1. The van der Waals surface area contributed by atoms with Crippen LogP contribution < -0.4 is 14.8 Å². The first kappa shape index (κ1) is 17.0. The van der Waals surface area contributed by atoms with Gasteiger partial charge in [0.2, 0.25) is 5.91 Å². The summed E-state index contributed by atoms with van der Waals surface area (Å²) < 4.78 is 11.8. The minimum Gasteiger partial charge on any atom is -0.486 e. The molecule has 3 aromatic rings. The summed E-state index contributed by atoms with van der Waals surface area (Å²) in [4.78, 5) is 21.2. The SMILES string of the molecule is O=C(Cc1csc(-c2ccccn2)n1)Nc1cc2c(cc1Br)OCCO2. The number of anilines is 1. The zero-order valence-corrected chi connectivity index (χ0v) is 16.0. The minimum absolute atomic E-state index is 0.153. The molecular weight excluding hydrogens is 418 g/mol. The minimum atomic E-state index is -0.153. The number of amides is 1. The largest absolute Gasteiger partial charge is 0.486 e. The van der Waals surface area contributed by atoms with Gasteiger partial charge >= 0.3 is 0 Å². The van der Waals surface area contributed by atoms with Crippen molar-refractivity contribution < 1.29 is 14.3 Å².